The first-order chi connectivity index (χ1) is 29.4. The minimum atomic E-state index is -0.256. The van der Waals surface area contributed by atoms with Crippen LogP contribution in [0.3, 0.4) is 0 Å². The lowest BCUT2D eigenvalue weighted by molar-refractivity contribution is 0.0942. The van der Waals surface area contributed by atoms with E-state index < -0.39 is 0 Å². The Labute approximate surface area is 364 Å². The second-order valence-corrected chi connectivity index (χ2v) is 18.0. The maximum atomic E-state index is 13.5. The third kappa shape index (κ3) is 9.97. The molecule has 0 aliphatic heterocycles. The van der Waals surface area contributed by atoms with E-state index in [1.807, 2.05) is 60.3 Å². The number of rotatable bonds is 13. The van der Waals surface area contributed by atoms with Gasteiger partial charge in [-0.15, -0.1) is 0 Å². The number of aryl methyl sites for hydroxylation is 1. The molecule has 9 rings (SSSR count). The van der Waals surface area contributed by atoms with Crippen molar-refractivity contribution in [1.29, 1.82) is 0 Å². The molecule has 4 N–H and O–H groups in total. The van der Waals surface area contributed by atoms with E-state index in [0.29, 0.717) is 29.5 Å². The average Bonchev–Trinajstić information content (AvgIpc) is 4.16. The van der Waals surface area contributed by atoms with Crippen molar-refractivity contribution in [2.24, 2.45) is 11.8 Å². The fourth-order valence-electron chi connectivity index (χ4n) is 7.13. The quantitative estimate of drug-likeness (QED) is 0.0916. The SMILES string of the molecule is CC(C)CNc1cc(-c2ccc(F)cc2)cc2c1ncn2-c1ccc(C(=O)NC2CC2)cc1.Cc1cc(-n2cnc3c(NCC(C)C)cc(Br)cc32)ccc1C(=O)NC1CC1. The van der Waals surface area contributed by atoms with Crippen molar-refractivity contribution < 1.29 is 14.0 Å². The number of nitrogens with zero attached hydrogens (tertiary/aromatic N) is 4. The summed E-state index contributed by atoms with van der Waals surface area (Å²) in [5.41, 5.74) is 11.9. The lowest BCUT2D eigenvalue weighted by Gasteiger charge is -2.13. The van der Waals surface area contributed by atoms with Gasteiger partial charge in [0.25, 0.3) is 11.8 Å². The molecule has 0 radical (unpaired) electrons. The van der Waals surface area contributed by atoms with Gasteiger partial charge in [0.05, 0.1) is 22.4 Å². The van der Waals surface area contributed by atoms with Crippen LogP contribution in [-0.2, 0) is 0 Å². The van der Waals surface area contributed by atoms with Crippen LogP contribution in [-0.4, -0.2) is 56.1 Å². The number of amides is 2. The van der Waals surface area contributed by atoms with E-state index in [4.69, 9.17) is 0 Å². The van der Waals surface area contributed by atoms with Crippen molar-refractivity contribution in [1.82, 2.24) is 29.7 Å². The number of hydrogen-bond acceptors (Lipinski definition) is 6. The van der Waals surface area contributed by atoms with Crippen molar-refractivity contribution in [3.8, 4) is 22.5 Å². The number of hydrogen-bond donors (Lipinski definition) is 4. The summed E-state index contributed by atoms with van der Waals surface area (Å²) in [6.45, 7) is 12.4. The van der Waals surface area contributed by atoms with Gasteiger partial charge in [-0.1, -0.05) is 55.8 Å². The van der Waals surface area contributed by atoms with Crippen LogP contribution in [0.1, 0.15) is 79.7 Å². The van der Waals surface area contributed by atoms with Crippen LogP contribution in [0.15, 0.2) is 108 Å². The molecule has 0 unspecified atom stereocenters. The van der Waals surface area contributed by atoms with Gasteiger partial charge in [-0.2, -0.15) is 0 Å². The summed E-state index contributed by atoms with van der Waals surface area (Å²) < 4.78 is 18.6. The van der Waals surface area contributed by atoms with Gasteiger partial charge in [-0.25, -0.2) is 14.4 Å². The van der Waals surface area contributed by atoms with Crippen molar-refractivity contribution in [2.45, 2.75) is 72.4 Å². The zero-order valence-corrected chi connectivity index (χ0v) is 36.8. The van der Waals surface area contributed by atoms with Crippen LogP contribution in [0.5, 0.6) is 0 Å². The van der Waals surface area contributed by atoms with Crippen molar-refractivity contribution in [3.05, 3.63) is 131 Å². The van der Waals surface area contributed by atoms with Gasteiger partial charge < -0.3 is 21.3 Å². The van der Waals surface area contributed by atoms with E-state index in [-0.39, 0.29) is 17.6 Å². The molecule has 0 saturated heterocycles. The van der Waals surface area contributed by atoms with Crippen LogP contribution in [0.2, 0.25) is 0 Å². The fourth-order valence-corrected chi connectivity index (χ4v) is 7.57. The molecule has 0 spiro atoms. The molecule has 2 heterocycles. The van der Waals surface area contributed by atoms with E-state index in [1.54, 1.807) is 18.5 Å². The van der Waals surface area contributed by atoms with Gasteiger partial charge in [0.15, 0.2) is 0 Å². The number of fused-ring (bicyclic) bond motifs is 2. The van der Waals surface area contributed by atoms with Crippen molar-refractivity contribution in [2.75, 3.05) is 23.7 Å². The first-order valence-corrected chi connectivity index (χ1v) is 21.9. The molecule has 5 aromatic carbocycles. The third-order valence-electron chi connectivity index (χ3n) is 10.8. The average molecular weight is 884 g/mol. The van der Waals surface area contributed by atoms with Crippen LogP contribution in [0.25, 0.3) is 44.6 Å². The number of aromatic nitrogens is 4. The van der Waals surface area contributed by atoms with Crippen LogP contribution < -0.4 is 21.3 Å². The molecule has 0 bridgehead atoms. The Balaban J connectivity index is 0.000000171. The number of benzene rings is 5. The van der Waals surface area contributed by atoms with Crippen LogP contribution in [0, 0.1) is 24.6 Å². The Morgan fingerprint density at radius 1 is 0.672 bits per heavy atom. The molecule has 0 atom stereocenters. The Kier molecular flexibility index (Phi) is 12.3. The predicted molar refractivity (Wildman–Crippen MR) is 248 cm³/mol. The summed E-state index contributed by atoms with van der Waals surface area (Å²) in [7, 11) is 0. The fraction of sp³-hybridized carbons (Fsp3) is 0.306. The van der Waals surface area contributed by atoms with Gasteiger partial charge in [-0.3, -0.25) is 18.7 Å². The summed E-state index contributed by atoms with van der Waals surface area (Å²) in [6, 6.07) is 29.0. The van der Waals surface area contributed by atoms with Gasteiger partial charge >= 0.3 is 0 Å². The van der Waals surface area contributed by atoms with E-state index in [0.717, 1.165) is 110 Å². The standard InChI is InChI=1S/C27H27FN4O.C22H25BrN4O/c1-17(2)15-29-24-13-20(18-3-7-21(28)8-4-18)14-25-26(24)30-16-32(25)23-11-5-19(6-12-23)27(33)31-22-9-10-22;1-13(2)11-24-19-9-15(23)10-20-21(19)25-12-27(20)17-6-7-18(14(3)8-17)22(28)26-16-4-5-16/h3-8,11-14,16-17,22,29H,9-10,15H2,1-2H3,(H,31,33);6-10,12-13,16,24H,4-5,11H2,1-3H3,(H,26,28). The van der Waals surface area contributed by atoms with Gasteiger partial charge in [0, 0.05) is 52.1 Å². The molecule has 7 aromatic rings. The Morgan fingerprint density at radius 3 is 1.79 bits per heavy atom. The molecule has 2 aliphatic rings. The summed E-state index contributed by atoms with van der Waals surface area (Å²) >= 11 is 3.62. The lowest BCUT2D eigenvalue weighted by Crippen LogP contribution is -2.26. The first kappa shape index (κ1) is 41.7. The first-order valence-electron chi connectivity index (χ1n) is 21.1. The van der Waals surface area contributed by atoms with Crippen LogP contribution in [0.4, 0.5) is 15.8 Å². The topological polar surface area (TPSA) is 118 Å². The Hall–Kier alpha value is -6.01. The lowest BCUT2D eigenvalue weighted by atomic mass is 10.0. The Bertz CT molecular complexity index is 2700. The highest BCUT2D eigenvalue weighted by Gasteiger charge is 2.25. The summed E-state index contributed by atoms with van der Waals surface area (Å²) in [4.78, 5) is 34.1. The van der Waals surface area contributed by atoms with Crippen molar-refractivity contribution in [3.63, 3.8) is 0 Å². The number of carbonyl (C=O) groups is 2. The normalized spacial score (nSPS) is 13.7. The summed E-state index contributed by atoms with van der Waals surface area (Å²) in [5, 5.41) is 13.1. The molecule has 2 fully saturated rings. The molecule has 10 nitrogen and oxygen atoms in total. The minimum Gasteiger partial charge on any atom is -0.383 e. The second-order valence-electron chi connectivity index (χ2n) is 17.0. The maximum Gasteiger partial charge on any atom is 0.251 e. The van der Waals surface area contributed by atoms with Gasteiger partial charge in [0.1, 0.15) is 29.5 Å². The number of carbonyl (C=O) groups excluding carboxylic acids is 2. The monoisotopic (exact) mass is 882 g/mol. The molecule has 2 saturated carbocycles. The molecule has 2 aromatic heterocycles. The number of halogens is 2. The van der Waals surface area contributed by atoms with E-state index in [9.17, 15) is 14.0 Å². The zero-order chi connectivity index (χ0) is 42.8. The molecule has 61 heavy (non-hydrogen) atoms. The molecular weight excluding hydrogens is 831 g/mol. The molecular formula is C49H52BrFN8O2. The van der Waals surface area contributed by atoms with Gasteiger partial charge in [-0.05, 0) is 140 Å². The van der Waals surface area contributed by atoms with Crippen LogP contribution >= 0.6 is 15.9 Å². The highest BCUT2D eigenvalue weighted by atomic mass is 79.9. The van der Waals surface area contributed by atoms with Crippen molar-refractivity contribution >= 4 is 61.2 Å². The smallest absolute Gasteiger partial charge is 0.251 e. The third-order valence-corrected chi connectivity index (χ3v) is 11.3. The highest BCUT2D eigenvalue weighted by molar-refractivity contribution is 9.10. The number of imidazole rings is 2. The molecule has 2 amide bonds. The van der Waals surface area contributed by atoms with Gasteiger partial charge in [0.2, 0.25) is 0 Å². The largest absolute Gasteiger partial charge is 0.383 e. The van der Waals surface area contributed by atoms with E-state index >= 15 is 0 Å². The predicted octanol–water partition coefficient (Wildman–Crippen LogP) is 10.8. The number of anilines is 2. The van der Waals surface area contributed by atoms with E-state index in [1.165, 1.54) is 12.1 Å². The molecule has 2 aliphatic carbocycles. The number of nitrogens with one attached hydrogen (secondary N) is 4. The summed E-state index contributed by atoms with van der Waals surface area (Å²) in [5.74, 6) is 0.760. The zero-order valence-electron chi connectivity index (χ0n) is 35.2. The maximum absolute atomic E-state index is 13.5. The van der Waals surface area contributed by atoms with E-state index in [2.05, 4.69) is 104 Å². The Morgan fingerprint density at radius 2 is 1.21 bits per heavy atom. The molecule has 12 heteroatoms. The minimum absolute atomic E-state index is 0.0185. The summed E-state index contributed by atoms with van der Waals surface area (Å²) in [6.07, 6.45) is 7.95. The molecule has 314 valence electrons. The second kappa shape index (κ2) is 17.9. The highest BCUT2D eigenvalue weighted by Crippen LogP contribution is 2.33.